The number of halogens is 3. The summed E-state index contributed by atoms with van der Waals surface area (Å²) in [6, 6.07) is 17.7. The molecule has 1 saturated heterocycles. The van der Waals surface area contributed by atoms with Crippen molar-refractivity contribution < 1.29 is 32.2 Å². The Morgan fingerprint density at radius 1 is 0.980 bits per heavy atom. The molecule has 0 bridgehead atoms. The van der Waals surface area contributed by atoms with Crippen LogP contribution in [0.25, 0.3) is 10.9 Å². The molecule has 7 rings (SSSR count). The SMILES string of the molecule is CCN(C(=S)Nc1cc(F)c(C)c(F)c1F)c1ccc(Oc2ccc3c(c2)cc(C(=O)N2CCN(Cc4ccc5c(c4)OCO5)CC2)n3C)nc1. The largest absolute Gasteiger partial charge is 0.454 e. The second-order valence-corrected chi connectivity index (χ2v) is 12.7. The maximum Gasteiger partial charge on any atom is 0.270 e. The summed E-state index contributed by atoms with van der Waals surface area (Å²) in [7, 11) is 1.88. The molecule has 0 spiro atoms. The van der Waals surface area contributed by atoms with Crippen molar-refractivity contribution >= 4 is 45.5 Å². The van der Waals surface area contributed by atoms with Crippen LogP contribution in [0.3, 0.4) is 0 Å². The second-order valence-electron chi connectivity index (χ2n) is 12.4. The van der Waals surface area contributed by atoms with Gasteiger partial charge in [0.25, 0.3) is 5.91 Å². The van der Waals surface area contributed by atoms with Gasteiger partial charge in [-0.05, 0) is 74.1 Å². The van der Waals surface area contributed by atoms with Crippen LogP contribution in [0.4, 0.5) is 24.5 Å². The van der Waals surface area contributed by atoms with E-state index in [0.29, 0.717) is 42.6 Å². The zero-order chi connectivity index (χ0) is 35.8. The van der Waals surface area contributed by atoms with Crippen LogP contribution in [0.5, 0.6) is 23.1 Å². The van der Waals surface area contributed by atoms with Gasteiger partial charge in [0.05, 0.1) is 17.6 Å². The van der Waals surface area contributed by atoms with E-state index in [9.17, 15) is 18.0 Å². The highest BCUT2D eigenvalue weighted by molar-refractivity contribution is 7.80. The molecule has 0 aliphatic carbocycles. The van der Waals surface area contributed by atoms with Crippen LogP contribution in [0.2, 0.25) is 0 Å². The number of anilines is 2. The van der Waals surface area contributed by atoms with Crippen LogP contribution in [-0.4, -0.2) is 69.9 Å². The summed E-state index contributed by atoms with van der Waals surface area (Å²) in [4.78, 5) is 23.9. The summed E-state index contributed by atoms with van der Waals surface area (Å²) in [6.45, 7) is 7.14. The number of hydrogen-bond donors (Lipinski definition) is 1. The average Bonchev–Trinajstić information content (AvgIpc) is 3.74. The van der Waals surface area contributed by atoms with Gasteiger partial charge in [0.2, 0.25) is 12.7 Å². The molecule has 4 heterocycles. The Kier molecular flexibility index (Phi) is 9.44. The number of pyridine rings is 1. The number of aromatic nitrogens is 2. The molecule has 1 fully saturated rings. The van der Waals surface area contributed by atoms with Crippen molar-refractivity contribution in [3.05, 3.63) is 101 Å². The molecule has 1 amide bonds. The normalized spacial score (nSPS) is 14.2. The first-order chi connectivity index (χ1) is 24.6. The number of ether oxygens (including phenoxy) is 3. The van der Waals surface area contributed by atoms with Gasteiger partial charge in [-0.15, -0.1) is 0 Å². The van der Waals surface area contributed by atoms with Crippen LogP contribution in [0.15, 0.2) is 66.9 Å². The molecular weight excluding hydrogens is 682 g/mol. The zero-order valence-electron chi connectivity index (χ0n) is 28.2. The number of aryl methyl sites for hydroxylation is 1. The van der Waals surface area contributed by atoms with Crippen molar-refractivity contribution in [1.29, 1.82) is 0 Å². The number of thiocarbonyl (C=S) groups is 1. The summed E-state index contributed by atoms with van der Waals surface area (Å²) >= 11 is 5.42. The third kappa shape index (κ3) is 6.88. The zero-order valence-corrected chi connectivity index (χ0v) is 29.0. The average molecular weight is 717 g/mol. The molecule has 264 valence electrons. The summed E-state index contributed by atoms with van der Waals surface area (Å²) in [5.74, 6) is -1.01. The number of carbonyl (C=O) groups excluding carboxylic acids is 1. The topological polar surface area (TPSA) is 84.3 Å². The van der Waals surface area contributed by atoms with Crippen LogP contribution in [0, 0.1) is 24.4 Å². The van der Waals surface area contributed by atoms with Crippen molar-refractivity contribution in [2.24, 2.45) is 7.05 Å². The number of benzene rings is 3. The van der Waals surface area contributed by atoms with Crippen LogP contribution in [-0.2, 0) is 13.6 Å². The third-order valence-electron chi connectivity index (χ3n) is 9.18. The van der Waals surface area contributed by atoms with Gasteiger partial charge in [0.1, 0.15) is 17.3 Å². The number of carbonyl (C=O) groups is 1. The first-order valence-electron chi connectivity index (χ1n) is 16.5. The van der Waals surface area contributed by atoms with E-state index in [-0.39, 0.29) is 17.8 Å². The Bertz CT molecular complexity index is 2140. The van der Waals surface area contributed by atoms with Gasteiger partial charge in [-0.3, -0.25) is 9.69 Å². The molecule has 51 heavy (non-hydrogen) atoms. The molecule has 0 radical (unpaired) electrons. The summed E-state index contributed by atoms with van der Waals surface area (Å²) in [5, 5.41) is 3.49. The Morgan fingerprint density at radius 2 is 1.76 bits per heavy atom. The highest BCUT2D eigenvalue weighted by atomic mass is 32.1. The first kappa shape index (κ1) is 34.1. The van der Waals surface area contributed by atoms with E-state index < -0.39 is 28.7 Å². The standard InChI is InChI=1S/C37H35F3N6O4S/c1-4-46(37(51)42-28-18-27(38)22(2)34(39)35(28)40)25-6-10-33(41-19-25)50-26-7-8-29-24(16-26)17-30(43(29)3)36(47)45-13-11-44(12-14-45)20-23-5-9-31-32(15-23)49-21-48-31/h5-10,15-19H,4,11-14,20-21H2,1-3H3,(H,42,51). The fraction of sp³-hybridized carbons (Fsp3) is 0.270. The molecular formula is C37H35F3N6O4S. The fourth-order valence-electron chi connectivity index (χ4n) is 6.28. The summed E-state index contributed by atoms with van der Waals surface area (Å²) in [6.07, 6.45) is 1.53. The Balaban J connectivity index is 0.977. The van der Waals surface area contributed by atoms with E-state index in [4.69, 9.17) is 26.4 Å². The highest BCUT2D eigenvalue weighted by Gasteiger charge is 2.26. The number of amides is 1. The number of piperazine rings is 1. The van der Waals surface area contributed by atoms with Crippen molar-refractivity contribution in [2.75, 3.05) is 49.7 Å². The van der Waals surface area contributed by atoms with Crippen LogP contribution >= 0.6 is 12.2 Å². The van der Waals surface area contributed by atoms with Gasteiger partial charge < -0.3 is 33.9 Å². The molecule has 10 nitrogen and oxygen atoms in total. The molecule has 14 heteroatoms. The maximum absolute atomic E-state index is 14.4. The monoisotopic (exact) mass is 716 g/mol. The first-order valence-corrected chi connectivity index (χ1v) is 16.9. The van der Waals surface area contributed by atoms with E-state index in [1.54, 1.807) is 17.0 Å². The quantitative estimate of drug-likeness (QED) is 0.135. The smallest absolute Gasteiger partial charge is 0.270 e. The maximum atomic E-state index is 14.4. The molecule has 0 unspecified atom stereocenters. The minimum Gasteiger partial charge on any atom is -0.454 e. The third-order valence-corrected chi connectivity index (χ3v) is 9.50. The number of fused-ring (bicyclic) bond motifs is 2. The predicted molar refractivity (Wildman–Crippen MR) is 191 cm³/mol. The predicted octanol–water partition coefficient (Wildman–Crippen LogP) is 7.00. The number of nitrogens with zero attached hydrogens (tertiary/aromatic N) is 5. The highest BCUT2D eigenvalue weighted by Crippen LogP contribution is 2.33. The molecule has 2 aliphatic heterocycles. The van der Waals surface area contributed by atoms with Crippen molar-refractivity contribution in [1.82, 2.24) is 19.4 Å². The van der Waals surface area contributed by atoms with Crippen molar-refractivity contribution in [3.8, 4) is 23.1 Å². The van der Waals surface area contributed by atoms with E-state index in [1.807, 2.05) is 65.9 Å². The molecule has 2 aromatic heterocycles. The van der Waals surface area contributed by atoms with Gasteiger partial charge in [-0.1, -0.05) is 6.07 Å². The van der Waals surface area contributed by atoms with Gasteiger partial charge in [-0.25, -0.2) is 18.2 Å². The lowest BCUT2D eigenvalue weighted by molar-refractivity contribution is 0.0619. The van der Waals surface area contributed by atoms with E-state index in [1.165, 1.54) is 6.20 Å². The molecule has 0 saturated carbocycles. The Morgan fingerprint density at radius 3 is 2.51 bits per heavy atom. The summed E-state index contributed by atoms with van der Waals surface area (Å²) in [5.41, 5.74) is 2.38. The second kappa shape index (κ2) is 14.1. The van der Waals surface area contributed by atoms with E-state index in [2.05, 4.69) is 15.2 Å². The molecule has 3 aromatic carbocycles. The lowest BCUT2D eigenvalue weighted by Gasteiger charge is -2.34. The van der Waals surface area contributed by atoms with Gasteiger partial charge >= 0.3 is 0 Å². The van der Waals surface area contributed by atoms with Gasteiger partial charge in [0.15, 0.2) is 28.2 Å². The number of hydrogen-bond acceptors (Lipinski definition) is 7. The Hall–Kier alpha value is -5.34. The Labute approximate surface area is 297 Å². The molecule has 5 aromatic rings. The molecule has 1 N–H and O–H groups in total. The van der Waals surface area contributed by atoms with Gasteiger partial charge in [0, 0.05) is 74.9 Å². The number of rotatable bonds is 8. The molecule has 0 atom stereocenters. The van der Waals surface area contributed by atoms with Gasteiger partial charge in [-0.2, -0.15) is 0 Å². The van der Waals surface area contributed by atoms with Crippen molar-refractivity contribution in [2.45, 2.75) is 20.4 Å². The van der Waals surface area contributed by atoms with Crippen LogP contribution < -0.4 is 24.4 Å². The van der Waals surface area contributed by atoms with E-state index in [0.717, 1.165) is 60.6 Å². The minimum atomic E-state index is -1.27. The van der Waals surface area contributed by atoms with Crippen molar-refractivity contribution in [3.63, 3.8) is 0 Å². The lowest BCUT2D eigenvalue weighted by Crippen LogP contribution is -2.48. The molecule has 2 aliphatic rings. The number of nitrogens with one attached hydrogen (secondary N) is 1. The summed E-state index contributed by atoms with van der Waals surface area (Å²) < 4.78 is 61.5. The van der Waals surface area contributed by atoms with E-state index >= 15 is 0 Å². The minimum absolute atomic E-state index is 0.0237. The van der Waals surface area contributed by atoms with Crippen LogP contribution in [0.1, 0.15) is 28.5 Å². The fourth-order valence-corrected chi connectivity index (χ4v) is 6.63. The lowest BCUT2D eigenvalue weighted by atomic mass is 10.1.